The van der Waals surface area contributed by atoms with Gasteiger partial charge in [0.1, 0.15) is 4.21 Å². The van der Waals surface area contributed by atoms with Gasteiger partial charge in [-0.1, -0.05) is 30.3 Å². The van der Waals surface area contributed by atoms with E-state index in [1.165, 1.54) is 16.9 Å². The molecule has 0 amide bonds. The molecule has 0 aliphatic rings. The molecule has 0 saturated heterocycles. The van der Waals surface area contributed by atoms with Gasteiger partial charge in [-0.3, -0.25) is 0 Å². The Labute approximate surface area is 124 Å². The topological polar surface area (TPSA) is 49.4 Å². The minimum absolute atomic E-state index is 0.308. The number of hydrogen-bond acceptors (Lipinski definition) is 4. The van der Waals surface area contributed by atoms with Crippen LogP contribution in [0.3, 0.4) is 0 Å². The van der Waals surface area contributed by atoms with Gasteiger partial charge in [-0.25, -0.2) is 13.1 Å². The van der Waals surface area contributed by atoms with Crippen molar-refractivity contribution in [1.82, 2.24) is 9.62 Å². The second-order valence-corrected chi connectivity index (χ2v) is 7.75. The summed E-state index contributed by atoms with van der Waals surface area (Å²) in [5, 5.41) is 1.75. The van der Waals surface area contributed by atoms with E-state index >= 15 is 0 Å². The molecule has 0 bridgehead atoms. The fourth-order valence-electron chi connectivity index (χ4n) is 1.79. The third kappa shape index (κ3) is 4.14. The zero-order chi connectivity index (χ0) is 14.6. The first-order valence-corrected chi connectivity index (χ1v) is 8.59. The van der Waals surface area contributed by atoms with Gasteiger partial charge in [-0.05, 0) is 36.7 Å². The molecule has 4 nitrogen and oxygen atoms in total. The predicted molar refractivity (Wildman–Crippen MR) is 82.2 cm³/mol. The number of benzene rings is 1. The van der Waals surface area contributed by atoms with Crippen molar-refractivity contribution in [3.63, 3.8) is 0 Å². The highest BCUT2D eigenvalue weighted by atomic mass is 32.2. The molecule has 0 fully saturated rings. The lowest BCUT2D eigenvalue weighted by atomic mass is 10.1. The van der Waals surface area contributed by atoms with E-state index in [2.05, 4.69) is 9.62 Å². The van der Waals surface area contributed by atoms with Gasteiger partial charge in [0, 0.05) is 13.1 Å². The minimum Gasteiger partial charge on any atom is -0.305 e. The molecule has 1 aromatic heterocycles. The fraction of sp³-hybridized carbons (Fsp3) is 0.286. The van der Waals surface area contributed by atoms with Gasteiger partial charge in [0.15, 0.2) is 0 Å². The van der Waals surface area contributed by atoms with Crippen molar-refractivity contribution in [3.05, 3.63) is 52.9 Å². The van der Waals surface area contributed by atoms with Crippen LogP contribution in [-0.2, 0) is 23.1 Å². The summed E-state index contributed by atoms with van der Waals surface area (Å²) in [5.74, 6) is 0. The Hall–Kier alpha value is -1.21. The van der Waals surface area contributed by atoms with Gasteiger partial charge in [0.25, 0.3) is 0 Å². The van der Waals surface area contributed by atoms with Crippen molar-refractivity contribution in [2.75, 3.05) is 14.1 Å². The predicted octanol–water partition coefficient (Wildman–Crippen LogP) is 2.29. The molecule has 0 aliphatic heterocycles. The second kappa shape index (κ2) is 6.49. The Balaban J connectivity index is 1.98. The van der Waals surface area contributed by atoms with E-state index < -0.39 is 10.0 Å². The van der Waals surface area contributed by atoms with Crippen LogP contribution in [0.5, 0.6) is 0 Å². The monoisotopic (exact) mass is 310 g/mol. The first-order chi connectivity index (χ1) is 9.47. The molecular formula is C14H18N2O2S2. The molecule has 1 heterocycles. The molecule has 108 valence electrons. The van der Waals surface area contributed by atoms with Crippen molar-refractivity contribution < 1.29 is 8.42 Å². The quantitative estimate of drug-likeness (QED) is 0.890. The Bertz CT molecular complexity index is 632. The summed E-state index contributed by atoms with van der Waals surface area (Å²) in [6.07, 6.45) is 0. The van der Waals surface area contributed by atoms with E-state index in [4.69, 9.17) is 0 Å². The van der Waals surface area contributed by atoms with Crippen LogP contribution in [-0.4, -0.2) is 27.4 Å². The average Bonchev–Trinajstić information content (AvgIpc) is 2.92. The summed E-state index contributed by atoms with van der Waals surface area (Å²) in [6, 6.07) is 11.3. The van der Waals surface area contributed by atoms with E-state index in [-0.39, 0.29) is 0 Å². The maximum Gasteiger partial charge on any atom is 0.250 e. The van der Waals surface area contributed by atoms with Gasteiger partial charge in [0.2, 0.25) is 10.0 Å². The summed E-state index contributed by atoms with van der Waals surface area (Å²) in [5.41, 5.74) is 2.16. The highest BCUT2D eigenvalue weighted by molar-refractivity contribution is 7.91. The molecule has 0 unspecified atom stereocenters. The molecule has 2 rings (SSSR count). The summed E-state index contributed by atoms with van der Waals surface area (Å²) >= 11 is 1.22. The van der Waals surface area contributed by atoms with Gasteiger partial charge in [-0.2, -0.15) is 0 Å². The van der Waals surface area contributed by atoms with E-state index in [1.807, 2.05) is 38.4 Å². The van der Waals surface area contributed by atoms with Crippen LogP contribution in [0.4, 0.5) is 0 Å². The molecule has 0 saturated carbocycles. The van der Waals surface area contributed by atoms with Crippen LogP contribution in [0.25, 0.3) is 0 Å². The largest absolute Gasteiger partial charge is 0.305 e. The van der Waals surface area contributed by atoms with Crippen LogP contribution in [0.2, 0.25) is 0 Å². The zero-order valence-electron chi connectivity index (χ0n) is 11.5. The molecule has 0 aliphatic carbocycles. The highest BCUT2D eigenvalue weighted by Crippen LogP contribution is 2.16. The number of thiophene rings is 1. The smallest absolute Gasteiger partial charge is 0.250 e. The maximum absolute atomic E-state index is 12.0. The van der Waals surface area contributed by atoms with Crippen molar-refractivity contribution in [1.29, 1.82) is 0 Å². The number of hydrogen-bond donors (Lipinski definition) is 1. The molecule has 0 radical (unpaired) electrons. The lowest BCUT2D eigenvalue weighted by Gasteiger charge is -2.10. The SMILES string of the molecule is CN(C)Cc1ccc(CNS(=O)(=O)c2cccs2)cc1. The number of sulfonamides is 1. The number of nitrogens with one attached hydrogen (secondary N) is 1. The minimum atomic E-state index is -3.38. The van der Waals surface area contributed by atoms with Gasteiger partial charge >= 0.3 is 0 Å². The summed E-state index contributed by atoms with van der Waals surface area (Å²) < 4.78 is 26.9. The normalized spacial score (nSPS) is 11.9. The maximum atomic E-state index is 12.0. The molecule has 1 aromatic carbocycles. The average molecular weight is 310 g/mol. The van der Waals surface area contributed by atoms with Crippen molar-refractivity contribution in [3.8, 4) is 0 Å². The Morgan fingerprint density at radius 2 is 1.75 bits per heavy atom. The van der Waals surface area contributed by atoms with Crippen LogP contribution in [0.1, 0.15) is 11.1 Å². The van der Waals surface area contributed by atoms with Crippen LogP contribution >= 0.6 is 11.3 Å². The van der Waals surface area contributed by atoms with Crippen molar-refractivity contribution in [2.45, 2.75) is 17.3 Å². The lowest BCUT2D eigenvalue weighted by molar-refractivity contribution is 0.402. The van der Waals surface area contributed by atoms with Crippen LogP contribution in [0.15, 0.2) is 46.0 Å². The Morgan fingerprint density at radius 3 is 2.30 bits per heavy atom. The van der Waals surface area contributed by atoms with Crippen LogP contribution < -0.4 is 4.72 Å². The summed E-state index contributed by atoms with van der Waals surface area (Å²) in [6.45, 7) is 1.18. The van der Waals surface area contributed by atoms with E-state index in [1.54, 1.807) is 17.5 Å². The highest BCUT2D eigenvalue weighted by Gasteiger charge is 2.14. The van der Waals surface area contributed by atoms with Gasteiger partial charge in [-0.15, -0.1) is 11.3 Å². The third-order valence-corrected chi connectivity index (χ3v) is 5.55. The van der Waals surface area contributed by atoms with E-state index in [0.29, 0.717) is 10.8 Å². The van der Waals surface area contributed by atoms with Gasteiger partial charge in [0.05, 0.1) is 0 Å². The molecule has 0 spiro atoms. The molecule has 2 aromatic rings. The standard InChI is InChI=1S/C14H18N2O2S2/c1-16(2)11-13-7-5-12(6-8-13)10-15-20(17,18)14-4-3-9-19-14/h3-9,15H,10-11H2,1-2H3. The molecule has 20 heavy (non-hydrogen) atoms. The Kier molecular flexibility index (Phi) is 4.93. The second-order valence-electron chi connectivity index (χ2n) is 4.81. The number of rotatable bonds is 6. The lowest BCUT2D eigenvalue weighted by Crippen LogP contribution is -2.22. The first kappa shape index (κ1) is 15.2. The van der Waals surface area contributed by atoms with E-state index in [0.717, 1.165) is 12.1 Å². The van der Waals surface area contributed by atoms with Gasteiger partial charge < -0.3 is 4.90 Å². The zero-order valence-corrected chi connectivity index (χ0v) is 13.2. The molecule has 6 heteroatoms. The number of nitrogens with zero attached hydrogens (tertiary/aromatic N) is 1. The molecule has 0 atom stereocenters. The third-order valence-electron chi connectivity index (χ3n) is 2.75. The summed E-state index contributed by atoms with van der Waals surface area (Å²) in [4.78, 5) is 2.09. The van der Waals surface area contributed by atoms with E-state index in [9.17, 15) is 8.42 Å². The Morgan fingerprint density at radius 1 is 1.10 bits per heavy atom. The van der Waals surface area contributed by atoms with Crippen LogP contribution in [0, 0.1) is 0 Å². The van der Waals surface area contributed by atoms with Crippen molar-refractivity contribution >= 4 is 21.4 Å². The first-order valence-electron chi connectivity index (χ1n) is 6.23. The van der Waals surface area contributed by atoms with Crippen molar-refractivity contribution in [2.24, 2.45) is 0 Å². The molecular weight excluding hydrogens is 292 g/mol. The fourth-order valence-corrected chi connectivity index (χ4v) is 3.85. The molecule has 1 N–H and O–H groups in total. The summed E-state index contributed by atoms with van der Waals surface area (Å²) in [7, 11) is 0.650.